The predicted molar refractivity (Wildman–Crippen MR) is 79.2 cm³/mol. The summed E-state index contributed by atoms with van der Waals surface area (Å²) in [5, 5.41) is 3.49. The third-order valence-electron chi connectivity index (χ3n) is 3.00. The highest BCUT2D eigenvalue weighted by Crippen LogP contribution is 2.21. The molecule has 0 fully saturated rings. The van der Waals surface area contributed by atoms with Gasteiger partial charge in [-0.25, -0.2) is 4.98 Å². The van der Waals surface area contributed by atoms with Gasteiger partial charge in [0.05, 0.1) is 12.6 Å². The third kappa shape index (κ3) is 2.53. The highest BCUT2D eigenvalue weighted by atomic mass is 35.5. The van der Waals surface area contributed by atoms with Gasteiger partial charge >= 0.3 is 0 Å². The maximum Gasteiger partial charge on any atom is 0.225 e. The summed E-state index contributed by atoms with van der Waals surface area (Å²) in [5.41, 5.74) is 2.77. The molecule has 2 aromatic heterocycles. The van der Waals surface area contributed by atoms with Crippen LogP contribution in [0, 0.1) is 0 Å². The van der Waals surface area contributed by atoms with E-state index in [1.54, 1.807) is 7.11 Å². The standard InChI is InChI=1S/C14H13ClN4O/c1-20-10-4-2-9(3-5-10)8-17-13-12-11(6-7-16-12)18-14(15)19-13/h2-7,16H,8H2,1H3,(H,17,18,19). The van der Waals surface area contributed by atoms with Gasteiger partial charge in [0.25, 0.3) is 0 Å². The van der Waals surface area contributed by atoms with E-state index in [2.05, 4.69) is 20.3 Å². The van der Waals surface area contributed by atoms with E-state index in [0.29, 0.717) is 12.4 Å². The van der Waals surface area contributed by atoms with Crippen LogP contribution in [0.5, 0.6) is 5.75 Å². The van der Waals surface area contributed by atoms with Crippen LogP contribution in [0.25, 0.3) is 11.0 Å². The number of anilines is 1. The van der Waals surface area contributed by atoms with Gasteiger partial charge in [0.1, 0.15) is 11.3 Å². The summed E-state index contributed by atoms with van der Waals surface area (Å²) in [6.07, 6.45) is 1.81. The lowest BCUT2D eigenvalue weighted by molar-refractivity contribution is 0.414. The van der Waals surface area contributed by atoms with Crippen LogP contribution in [-0.4, -0.2) is 22.1 Å². The third-order valence-corrected chi connectivity index (χ3v) is 3.17. The van der Waals surface area contributed by atoms with Crippen LogP contribution >= 0.6 is 11.6 Å². The van der Waals surface area contributed by atoms with E-state index in [9.17, 15) is 0 Å². The summed E-state index contributed by atoms with van der Waals surface area (Å²) in [5.74, 6) is 1.53. The molecule has 3 aromatic rings. The molecule has 20 heavy (non-hydrogen) atoms. The van der Waals surface area contributed by atoms with Gasteiger partial charge in [-0.15, -0.1) is 0 Å². The van der Waals surface area contributed by atoms with Crippen molar-refractivity contribution < 1.29 is 4.74 Å². The van der Waals surface area contributed by atoms with Crippen LogP contribution in [0.2, 0.25) is 5.28 Å². The number of halogens is 1. The first-order valence-corrected chi connectivity index (χ1v) is 6.51. The summed E-state index contributed by atoms with van der Waals surface area (Å²) < 4.78 is 5.13. The van der Waals surface area contributed by atoms with E-state index in [1.165, 1.54) is 0 Å². The normalized spacial score (nSPS) is 10.7. The molecule has 0 bridgehead atoms. The molecule has 3 rings (SSSR count). The van der Waals surface area contributed by atoms with Crippen molar-refractivity contribution in [3.63, 3.8) is 0 Å². The molecule has 0 aliphatic carbocycles. The first-order chi connectivity index (χ1) is 9.76. The highest BCUT2D eigenvalue weighted by Gasteiger charge is 2.07. The molecular weight excluding hydrogens is 276 g/mol. The Bertz CT molecular complexity index is 724. The molecule has 2 heterocycles. The number of rotatable bonds is 4. The lowest BCUT2D eigenvalue weighted by atomic mass is 10.2. The predicted octanol–water partition coefficient (Wildman–Crippen LogP) is 3.23. The zero-order chi connectivity index (χ0) is 13.9. The number of nitrogens with one attached hydrogen (secondary N) is 2. The Morgan fingerprint density at radius 3 is 2.75 bits per heavy atom. The van der Waals surface area contributed by atoms with Gasteiger partial charge in [-0.05, 0) is 35.4 Å². The average molecular weight is 289 g/mol. The molecule has 2 N–H and O–H groups in total. The minimum absolute atomic E-state index is 0.231. The Morgan fingerprint density at radius 1 is 1.20 bits per heavy atom. The van der Waals surface area contributed by atoms with Crippen LogP contribution < -0.4 is 10.1 Å². The van der Waals surface area contributed by atoms with Gasteiger partial charge in [-0.1, -0.05) is 12.1 Å². The number of aromatic nitrogens is 3. The van der Waals surface area contributed by atoms with Crippen LogP contribution in [0.1, 0.15) is 5.56 Å². The molecule has 5 nitrogen and oxygen atoms in total. The molecule has 0 spiro atoms. The van der Waals surface area contributed by atoms with Crippen molar-refractivity contribution in [1.29, 1.82) is 0 Å². The molecule has 0 saturated heterocycles. The van der Waals surface area contributed by atoms with Crippen molar-refractivity contribution in [2.45, 2.75) is 6.54 Å². The number of benzene rings is 1. The number of hydrogen-bond donors (Lipinski definition) is 2. The second-order valence-electron chi connectivity index (χ2n) is 4.28. The molecular formula is C14H13ClN4O. The number of methoxy groups -OCH3 is 1. The molecule has 0 aliphatic rings. The van der Waals surface area contributed by atoms with Gasteiger partial charge in [-0.2, -0.15) is 4.98 Å². The fourth-order valence-electron chi connectivity index (χ4n) is 1.97. The summed E-state index contributed by atoms with van der Waals surface area (Å²) in [7, 11) is 1.65. The lowest BCUT2D eigenvalue weighted by Crippen LogP contribution is -2.03. The molecule has 1 aromatic carbocycles. The first-order valence-electron chi connectivity index (χ1n) is 6.13. The quantitative estimate of drug-likeness (QED) is 0.724. The van der Waals surface area contributed by atoms with Crippen molar-refractivity contribution in [3.05, 3.63) is 47.4 Å². The SMILES string of the molecule is COc1ccc(CNc2nc(Cl)nc3cc[nH]c23)cc1. The fraction of sp³-hybridized carbons (Fsp3) is 0.143. The zero-order valence-corrected chi connectivity index (χ0v) is 11.6. The first kappa shape index (κ1) is 12.7. The molecule has 0 amide bonds. The average Bonchev–Trinajstić information content (AvgIpc) is 2.93. The molecule has 6 heteroatoms. The Balaban J connectivity index is 1.80. The number of H-pyrrole nitrogens is 1. The van der Waals surface area contributed by atoms with Gasteiger partial charge in [0.15, 0.2) is 5.82 Å². The number of hydrogen-bond acceptors (Lipinski definition) is 4. The Labute approximate surface area is 121 Å². The van der Waals surface area contributed by atoms with Crippen molar-refractivity contribution in [2.75, 3.05) is 12.4 Å². The van der Waals surface area contributed by atoms with Crippen molar-refractivity contribution in [3.8, 4) is 5.75 Å². The second-order valence-corrected chi connectivity index (χ2v) is 4.62. The molecule has 0 unspecified atom stereocenters. The van der Waals surface area contributed by atoms with Crippen LogP contribution in [0.4, 0.5) is 5.82 Å². The van der Waals surface area contributed by atoms with E-state index >= 15 is 0 Å². The van der Waals surface area contributed by atoms with Gasteiger partial charge in [-0.3, -0.25) is 0 Å². The Hall–Kier alpha value is -2.27. The molecule has 0 aliphatic heterocycles. The topological polar surface area (TPSA) is 62.8 Å². The number of ether oxygens (including phenoxy) is 1. The number of fused-ring (bicyclic) bond motifs is 1. The van der Waals surface area contributed by atoms with E-state index in [-0.39, 0.29) is 5.28 Å². The van der Waals surface area contributed by atoms with Gasteiger partial charge in [0.2, 0.25) is 5.28 Å². The number of nitrogens with zero attached hydrogens (tertiary/aromatic N) is 2. The molecule has 0 saturated carbocycles. The van der Waals surface area contributed by atoms with E-state index in [1.807, 2.05) is 36.5 Å². The smallest absolute Gasteiger partial charge is 0.225 e. The van der Waals surface area contributed by atoms with E-state index in [4.69, 9.17) is 16.3 Å². The Kier molecular flexibility index (Phi) is 3.43. The second kappa shape index (κ2) is 5.38. The summed E-state index contributed by atoms with van der Waals surface area (Å²) in [6.45, 7) is 0.644. The van der Waals surface area contributed by atoms with Crippen molar-refractivity contribution in [2.24, 2.45) is 0 Å². The number of aromatic amines is 1. The monoisotopic (exact) mass is 288 g/mol. The van der Waals surface area contributed by atoms with E-state index < -0.39 is 0 Å². The maximum absolute atomic E-state index is 5.91. The minimum atomic E-state index is 0.231. The Morgan fingerprint density at radius 2 is 2.00 bits per heavy atom. The van der Waals surface area contributed by atoms with Crippen molar-refractivity contribution in [1.82, 2.24) is 15.0 Å². The highest BCUT2D eigenvalue weighted by molar-refractivity contribution is 6.28. The largest absolute Gasteiger partial charge is 0.497 e. The van der Waals surface area contributed by atoms with Crippen LogP contribution in [0.3, 0.4) is 0 Å². The summed E-state index contributed by atoms with van der Waals surface area (Å²) in [6, 6.07) is 9.71. The summed E-state index contributed by atoms with van der Waals surface area (Å²) >= 11 is 5.91. The van der Waals surface area contributed by atoms with Crippen LogP contribution in [0.15, 0.2) is 36.5 Å². The minimum Gasteiger partial charge on any atom is -0.497 e. The zero-order valence-electron chi connectivity index (χ0n) is 10.9. The molecule has 0 radical (unpaired) electrons. The van der Waals surface area contributed by atoms with Crippen LogP contribution in [-0.2, 0) is 6.54 Å². The van der Waals surface area contributed by atoms with Gasteiger partial charge in [0, 0.05) is 12.7 Å². The van der Waals surface area contributed by atoms with Crippen molar-refractivity contribution >= 4 is 28.5 Å². The molecule has 0 atom stereocenters. The van der Waals surface area contributed by atoms with E-state index in [0.717, 1.165) is 22.3 Å². The summed E-state index contributed by atoms with van der Waals surface area (Å²) in [4.78, 5) is 11.5. The fourth-order valence-corrected chi connectivity index (χ4v) is 2.15. The lowest BCUT2D eigenvalue weighted by Gasteiger charge is -2.08. The van der Waals surface area contributed by atoms with Gasteiger partial charge < -0.3 is 15.0 Å². The maximum atomic E-state index is 5.91. The molecule has 102 valence electrons.